The minimum Gasteiger partial charge on any atom is -0.309 e. The van der Waals surface area contributed by atoms with Crippen LogP contribution in [0.5, 0.6) is 0 Å². The molecule has 10 rings (SSSR count). The lowest BCUT2D eigenvalue weighted by molar-refractivity contribution is 1.16. The van der Waals surface area contributed by atoms with Crippen LogP contribution >= 0.6 is 0 Å². The van der Waals surface area contributed by atoms with E-state index < -0.39 is 0 Å². The second-order valence-electron chi connectivity index (χ2n) is 13.5. The Balaban J connectivity index is 1.08. The van der Waals surface area contributed by atoms with Crippen molar-refractivity contribution in [2.45, 2.75) is 0 Å². The third-order valence-electron chi connectivity index (χ3n) is 10.2. The van der Waals surface area contributed by atoms with Crippen molar-refractivity contribution >= 4 is 32.6 Å². The van der Waals surface area contributed by atoms with E-state index in [4.69, 9.17) is 9.97 Å². The zero-order valence-electron chi connectivity index (χ0n) is 28.9. The first-order valence-corrected chi connectivity index (χ1v) is 18.0. The van der Waals surface area contributed by atoms with Gasteiger partial charge in [0.15, 0.2) is 5.82 Å². The topological polar surface area (TPSA) is 30.7 Å². The summed E-state index contributed by atoms with van der Waals surface area (Å²) < 4.78 is 2.37. The highest BCUT2D eigenvalue weighted by Crippen LogP contribution is 2.36. The highest BCUT2D eigenvalue weighted by Gasteiger charge is 2.15. The first kappa shape index (κ1) is 30.7. The predicted molar refractivity (Wildman–Crippen MR) is 221 cm³/mol. The Hall–Kier alpha value is -7.10. The van der Waals surface area contributed by atoms with Gasteiger partial charge in [-0.15, -0.1) is 0 Å². The van der Waals surface area contributed by atoms with Crippen molar-refractivity contribution in [3.63, 3.8) is 0 Å². The molecule has 3 nitrogen and oxygen atoms in total. The number of fused-ring (bicyclic) bond motifs is 4. The maximum absolute atomic E-state index is 5.18. The van der Waals surface area contributed by atoms with Gasteiger partial charge in [-0.25, -0.2) is 9.97 Å². The standard InChI is InChI=1S/C50H33N3/c1-3-11-34(12-4-1)36-19-23-38(24-20-36)46-33-47(39-25-21-37(22-26-39)35-13-5-2-6-14-35)52-50(51-46)40-27-29-43(30-28-40)53-48-18-10-9-17-44(48)45-31-41-15-7-8-16-42(41)32-49(45)53/h1-33H. The molecule has 0 fully saturated rings. The number of hydrogen-bond acceptors (Lipinski definition) is 2. The summed E-state index contributed by atoms with van der Waals surface area (Å²) in [6, 6.07) is 70.9. The molecule has 0 spiro atoms. The van der Waals surface area contributed by atoms with Crippen LogP contribution < -0.4 is 0 Å². The van der Waals surface area contributed by atoms with E-state index in [0.29, 0.717) is 5.82 Å². The fraction of sp³-hybridized carbons (Fsp3) is 0. The monoisotopic (exact) mass is 675 g/mol. The number of hydrogen-bond donors (Lipinski definition) is 0. The SMILES string of the molecule is c1ccc(-c2ccc(-c3cc(-c4ccc(-c5ccccc5)cc4)nc(-c4ccc(-n5c6ccccc6c6cc7ccccc7cc65)cc4)n3)cc2)cc1. The summed E-state index contributed by atoms with van der Waals surface area (Å²) in [5, 5.41) is 4.97. The number of nitrogens with zero attached hydrogens (tertiary/aromatic N) is 3. The van der Waals surface area contributed by atoms with Crippen LogP contribution in [0.15, 0.2) is 200 Å². The maximum Gasteiger partial charge on any atom is 0.160 e. The molecule has 0 saturated heterocycles. The summed E-state index contributed by atoms with van der Waals surface area (Å²) >= 11 is 0. The van der Waals surface area contributed by atoms with Gasteiger partial charge in [-0.2, -0.15) is 0 Å². The summed E-state index contributed by atoms with van der Waals surface area (Å²) in [5.74, 6) is 0.691. The summed E-state index contributed by atoms with van der Waals surface area (Å²) in [7, 11) is 0. The van der Waals surface area contributed by atoms with Crippen LogP contribution in [0.25, 0.3) is 94.4 Å². The molecule has 8 aromatic carbocycles. The van der Waals surface area contributed by atoms with Gasteiger partial charge < -0.3 is 4.57 Å². The van der Waals surface area contributed by atoms with Gasteiger partial charge in [0.2, 0.25) is 0 Å². The van der Waals surface area contributed by atoms with E-state index in [9.17, 15) is 0 Å². The van der Waals surface area contributed by atoms with Gasteiger partial charge in [-0.05, 0) is 81.6 Å². The number of para-hydroxylation sites is 1. The van der Waals surface area contributed by atoms with E-state index in [-0.39, 0.29) is 0 Å². The fourth-order valence-electron chi connectivity index (χ4n) is 7.49. The Kier molecular flexibility index (Phi) is 7.47. The van der Waals surface area contributed by atoms with Crippen molar-refractivity contribution in [1.82, 2.24) is 14.5 Å². The Morgan fingerprint density at radius 2 is 0.755 bits per heavy atom. The molecule has 0 unspecified atom stereocenters. The zero-order valence-corrected chi connectivity index (χ0v) is 28.9. The zero-order chi connectivity index (χ0) is 35.1. The lowest BCUT2D eigenvalue weighted by Gasteiger charge is -2.12. The summed E-state index contributed by atoms with van der Waals surface area (Å²) in [5.41, 5.74) is 13.0. The van der Waals surface area contributed by atoms with Gasteiger partial charge >= 0.3 is 0 Å². The molecule has 10 aromatic rings. The second-order valence-corrected chi connectivity index (χ2v) is 13.5. The van der Waals surface area contributed by atoms with Crippen LogP contribution in [0, 0.1) is 0 Å². The summed E-state index contributed by atoms with van der Waals surface area (Å²) in [4.78, 5) is 10.4. The molecule has 0 N–H and O–H groups in total. The van der Waals surface area contributed by atoms with Gasteiger partial charge in [0.1, 0.15) is 0 Å². The molecule has 248 valence electrons. The van der Waals surface area contributed by atoms with Crippen molar-refractivity contribution in [1.29, 1.82) is 0 Å². The van der Waals surface area contributed by atoms with Crippen LogP contribution in [0.2, 0.25) is 0 Å². The van der Waals surface area contributed by atoms with Crippen molar-refractivity contribution in [3.05, 3.63) is 200 Å². The minimum absolute atomic E-state index is 0.691. The van der Waals surface area contributed by atoms with Gasteiger partial charge in [-0.1, -0.05) is 152 Å². The van der Waals surface area contributed by atoms with Crippen molar-refractivity contribution in [2.24, 2.45) is 0 Å². The molecule has 53 heavy (non-hydrogen) atoms. The van der Waals surface area contributed by atoms with E-state index >= 15 is 0 Å². The molecule has 0 amide bonds. The lowest BCUT2D eigenvalue weighted by atomic mass is 10.0. The minimum atomic E-state index is 0.691. The Labute approximate surface area is 308 Å². The molecule has 0 aliphatic carbocycles. The quantitative estimate of drug-likeness (QED) is 0.176. The molecular weight excluding hydrogens is 643 g/mol. The third-order valence-corrected chi connectivity index (χ3v) is 10.2. The number of benzene rings is 8. The Morgan fingerprint density at radius 3 is 1.34 bits per heavy atom. The molecule has 2 aromatic heterocycles. The van der Waals surface area contributed by atoms with Crippen molar-refractivity contribution < 1.29 is 0 Å². The molecule has 2 heterocycles. The smallest absolute Gasteiger partial charge is 0.160 e. The highest BCUT2D eigenvalue weighted by molar-refractivity contribution is 6.13. The van der Waals surface area contributed by atoms with Crippen LogP contribution in [-0.4, -0.2) is 14.5 Å². The fourth-order valence-corrected chi connectivity index (χ4v) is 7.49. The van der Waals surface area contributed by atoms with Crippen LogP contribution in [-0.2, 0) is 0 Å². The van der Waals surface area contributed by atoms with E-state index in [1.54, 1.807) is 0 Å². The predicted octanol–water partition coefficient (Wildman–Crippen LogP) is 13.1. The van der Waals surface area contributed by atoms with Gasteiger partial charge in [0.25, 0.3) is 0 Å². The molecule has 0 saturated carbocycles. The molecule has 0 aliphatic heterocycles. The molecule has 0 radical (unpaired) electrons. The second kappa shape index (κ2) is 12.9. The third kappa shape index (κ3) is 5.65. The van der Waals surface area contributed by atoms with Crippen molar-refractivity contribution in [3.8, 4) is 61.8 Å². The van der Waals surface area contributed by atoms with E-state index in [1.165, 1.54) is 54.8 Å². The molecule has 0 aliphatic rings. The maximum atomic E-state index is 5.18. The largest absolute Gasteiger partial charge is 0.309 e. The van der Waals surface area contributed by atoms with E-state index in [2.05, 4.69) is 193 Å². The van der Waals surface area contributed by atoms with E-state index in [0.717, 1.165) is 33.8 Å². The van der Waals surface area contributed by atoms with Crippen molar-refractivity contribution in [2.75, 3.05) is 0 Å². The van der Waals surface area contributed by atoms with Crippen LogP contribution in [0.4, 0.5) is 0 Å². The highest BCUT2D eigenvalue weighted by atomic mass is 15.0. The summed E-state index contributed by atoms with van der Waals surface area (Å²) in [6.07, 6.45) is 0. The molecular formula is C50H33N3. The van der Waals surface area contributed by atoms with Gasteiger partial charge in [-0.3, -0.25) is 0 Å². The number of aromatic nitrogens is 3. The summed E-state index contributed by atoms with van der Waals surface area (Å²) in [6.45, 7) is 0. The Morgan fingerprint density at radius 1 is 0.302 bits per heavy atom. The molecule has 3 heteroatoms. The first-order valence-electron chi connectivity index (χ1n) is 18.0. The average Bonchev–Trinajstić information content (AvgIpc) is 3.56. The Bertz CT molecular complexity index is 2790. The van der Waals surface area contributed by atoms with E-state index in [1.807, 2.05) is 12.1 Å². The van der Waals surface area contributed by atoms with Crippen LogP contribution in [0.1, 0.15) is 0 Å². The molecule has 0 atom stereocenters. The van der Waals surface area contributed by atoms with Gasteiger partial charge in [0, 0.05) is 33.2 Å². The lowest BCUT2D eigenvalue weighted by Crippen LogP contribution is -1.97. The first-order chi connectivity index (χ1) is 26.2. The normalized spacial score (nSPS) is 11.4. The number of rotatable bonds is 6. The van der Waals surface area contributed by atoms with Crippen LogP contribution in [0.3, 0.4) is 0 Å². The van der Waals surface area contributed by atoms with Gasteiger partial charge in [0.05, 0.1) is 22.4 Å². The molecule has 0 bridgehead atoms. The average molecular weight is 676 g/mol.